The van der Waals surface area contributed by atoms with E-state index in [9.17, 15) is 0 Å². The van der Waals surface area contributed by atoms with Crippen LogP contribution in [0.15, 0.2) is 0 Å². The summed E-state index contributed by atoms with van der Waals surface area (Å²) in [6.45, 7) is 16.6. The minimum absolute atomic E-state index is 0. The van der Waals surface area contributed by atoms with E-state index < -0.39 is 0 Å². The van der Waals surface area contributed by atoms with Gasteiger partial charge in [-0.3, -0.25) is 0 Å². The largest absolute Gasteiger partial charge is 1.00 e. The van der Waals surface area contributed by atoms with E-state index in [1.165, 1.54) is 241 Å². The molecule has 0 saturated carbocycles. The van der Waals surface area contributed by atoms with E-state index in [1.54, 1.807) is 0 Å². The Kier molecular flexibility index (Phi) is 29.9. The number of halogens is 2. The number of quaternary nitrogens is 2. The fourth-order valence-electron chi connectivity index (χ4n) is 8.25. The van der Waals surface area contributed by atoms with Crippen molar-refractivity contribution in [2.45, 2.75) is 194 Å². The first-order valence-electron chi connectivity index (χ1n) is 19.4. The normalized spacial score (nSPS) is 17.3. The fraction of sp³-hybridized carbons (Fsp3) is 1.00. The fourth-order valence-corrected chi connectivity index (χ4v) is 8.25. The molecule has 0 aromatic rings. The van der Waals surface area contributed by atoms with Crippen molar-refractivity contribution in [1.82, 2.24) is 0 Å². The predicted molar refractivity (Wildman–Crippen MR) is 180 cm³/mol. The molecule has 0 unspecified atom stereocenters. The molecule has 4 heteroatoms. The number of hydrogen-bond acceptors (Lipinski definition) is 0. The molecule has 2 aliphatic heterocycles. The Balaban J connectivity index is 0.00000840. The Morgan fingerprint density at radius 3 is 0.690 bits per heavy atom. The van der Waals surface area contributed by atoms with Crippen LogP contribution < -0.4 is 34.0 Å². The number of hydrogen-bond donors (Lipinski definition) is 0. The first kappa shape index (κ1) is 42.9. The number of unbranched alkanes of at least 4 members (excludes halogenated alkanes) is 21. The molecule has 2 fully saturated rings. The van der Waals surface area contributed by atoms with Gasteiger partial charge in [0.15, 0.2) is 0 Å². The third kappa shape index (κ3) is 20.8. The van der Waals surface area contributed by atoms with Gasteiger partial charge in [-0.25, -0.2) is 0 Å². The zero-order valence-electron chi connectivity index (χ0n) is 29.1. The summed E-state index contributed by atoms with van der Waals surface area (Å²) in [6, 6.07) is 0. The Morgan fingerprint density at radius 1 is 0.286 bits per heavy atom. The van der Waals surface area contributed by atoms with E-state index in [2.05, 4.69) is 13.8 Å². The van der Waals surface area contributed by atoms with Gasteiger partial charge in [0.1, 0.15) is 0 Å². The summed E-state index contributed by atoms with van der Waals surface area (Å²) in [6.07, 6.45) is 41.4. The number of nitrogens with zero attached hydrogens (tertiary/aromatic N) is 2. The van der Waals surface area contributed by atoms with E-state index in [1.807, 2.05) is 0 Å². The van der Waals surface area contributed by atoms with E-state index in [-0.39, 0.29) is 34.0 Å². The van der Waals surface area contributed by atoms with Gasteiger partial charge < -0.3 is 42.9 Å². The molecule has 0 N–H and O–H groups in total. The molecule has 0 amide bonds. The standard InChI is InChI=1S/C38H78N2.2BrH/c1-3-5-7-9-11-13-15-17-19-23-31-39(35-27-28-36-39)33-25-21-22-26-34-40(37-29-30-38-40)32-24-20-18-16-14-12-10-8-6-4-2;;/h3-38H2,1-2H3;2*1H/q+2;;/p-2. The van der Waals surface area contributed by atoms with Crippen molar-refractivity contribution in [1.29, 1.82) is 0 Å². The summed E-state index contributed by atoms with van der Waals surface area (Å²) in [5, 5.41) is 0. The van der Waals surface area contributed by atoms with E-state index in [0.29, 0.717) is 0 Å². The maximum atomic E-state index is 2.32. The van der Waals surface area contributed by atoms with Crippen molar-refractivity contribution in [3.63, 3.8) is 0 Å². The topological polar surface area (TPSA) is 0 Å². The van der Waals surface area contributed by atoms with Crippen molar-refractivity contribution >= 4 is 0 Å². The van der Waals surface area contributed by atoms with Gasteiger partial charge in [-0.2, -0.15) is 0 Å². The maximum Gasteiger partial charge on any atom is 0.0788 e. The second-order valence-corrected chi connectivity index (χ2v) is 14.7. The van der Waals surface area contributed by atoms with Crippen LogP contribution >= 0.6 is 0 Å². The lowest BCUT2D eigenvalue weighted by Gasteiger charge is -2.35. The lowest BCUT2D eigenvalue weighted by Crippen LogP contribution is -3.00. The van der Waals surface area contributed by atoms with Gasteiger partial charge in [-0.15, -0.1) is 0 Å². The summed E-state index contributed by atoms with van der Waals surface area (Å²) < 4.78 is 2.99. The monoisotopic (exact) mass is 720 g/mol. The highest BCUT2D eigenvalue weighted by atomic mass is 79.9. The second kappa shape index (κ2) is 29.3. The molecule has 42 heavy (non-hydrogen) atoms. The summed E-state index contributed by atoms with van der Waals surface area (Å²) in [7, 11) is 0. The molecule has 2 aliphatic rings. The van der Waals surface area contributed by atoms with Gasteiger partial charge in [-0.1, -0.05) is 117 Å². The molecule has 2 saturated heterocycles. The summed E-state index contributed by atoms with van der Waals surface area (Å²) >= 11 is 0. The van der Waals surface area contributed by atoms with Gasteiger partial charge in [0, 0.05) is 25.7 Å². The highest BCUT2D eigenvalue weighted by Crippen LogP contribution is 2.25. The minimum atomic E-state index is 0. The zero-order chi connectivity index (χ0) is 28.5. The highest BCUT2D eigenvalue weighted by Gasteiger charge is 2.32. The van der Waals surface area contributed by atoms with Crippen LogP contribution in [-0.4, -0.2) is 61.3 Å². The Labute approximate surface area is 287 Å². The van der Waals surface area contributed by atoms with Gasteiger partial charge in [0.25, 0.3) is 0 Å². The Hall–Kier alpha value is 0.880. The van der Waals surface area contributed by atoms with Gasteiger partial charge >= 0.3 is 0 Å². The van der Waals surface area contributed by atoms with Crippen LogP contribution in [0.25, 0.3) is 0 Å². The molecule has 0 aromatic carbocycles. The average Bonchev–Trinajstić information content (AvgIpc) is 3.63. The smallest absolute Gasteiger partial charge is 0.0788 e. The third-order valence-electron chi connectivity index (χ3n) is 11.0. The van der Waals surface area contributed by atoms with Gasteiger partial charge in [0.2, 0.25) is 0 Å². The van der Waals surface area contributed by atoms with Crippen molar-refractivity contribution in [2.75, 3.05) is 52.4 Å². The Bertz CT molecular complexity index is 495. The van der Waals surface area contributed by atoms with Crippen LogP contribution in [0.2, 0.25) is 0 Å². The molecule has 0 atom stereocenters. The lowest BCUT2D eigenvalue weighted by molar-refractivity contribution is -0.917. The first-order chi connectivity index (χ1) is 19.7. The molecule has 0 radical (unpaired) electrons. The van der Waals surface area contributed by atoms with Crippen LogP contribution in [-0.2, 0) is 0 Å². The average molecular weight is 723 g/mol. The van der Waals surface area contributed by atoms with Crippen molar-refractivity contribution in [2.24, 2.45) is 0 Å². The molecule has 254 valence electrons. The number of rotatable bonds is 29. The molecular weight excluding hydrogens is 644 g/mol. The second-order valence-electron chi connectivity index (χ2n) is 14.7. The zero-order valence-corrected chi connectivity index (χ0v) is 32.3. The van der Waals surface area contributed by atoms with Crippen LogP contribution in [0, 0.1) is 0 Å². The summed E-state index contributed by atoms with van der Waals surface area (Å²) in [5.74, 6) is 0. The molecule has 0 spiro atoms. The van der Waals surface area contributed by atoms with Gasteiger partial charge in [0.05, 0.1) is 52.4 Å². The number of likely N-dealkylation sites (tertiary alicyclic amines) is 2. The SMILES string of the molecule is CCCCCCCCCCCC[N+]1(CCCCCC[N+]2(CCCCCCCCCCCC)CCCC2)CCCC1.[Br-].[Br-]. The molecule has 2 rings (SSSR count). The predicted octanol–water partition coefficient (Wildman–Crippen LogP) is 5.62. The molecule has 0 aromatic heterocycles. The van der Waals surface area contributed by atoms with Crippen LogP contribution in [0.4, 0.5) is 0 Å². The maximum absolute atomic E-state index is 2.32. The van der Waals surface area contributed by atoms with Crippen molar-refractivity contribution in [3.8, 4) is 0 Å². The quantitative estimate of drug-likeness (QED) is 0.0696. The van der Waals surface area contributed by atoms with Crippen molar-refractivity contribution < 1.29 is 42.9 Å². The van der Waals surface area contributed by atoms with Crippen LogP contribution in [0.1, 0.15) is 194 Å². The molecule has 0 bridgehead atoms. The molecule has 2 heterocycles. The molecular formula is C38H78Br2N2. The first-order valence-corrected chi connectivity index (χ1v) is 19.4. The van der Waals surface area contributed by atoms with E-state index in [4.69, 9.17) is 0 Å². The van der Waals surface area contributed by atoms with Crippen LogP contribution in [0.5, 0.6) is 0 Å². The minimum Gasteiger partial charge on any atom is -1.00 e. The van der Waals surface area contributed by atoms with E-state index >= 15 is 0 Å². The summed E-state index contributed by atoms with van der Waals surface area (Å²) in [5.41, 5.74) is 0. The Morgan fingerprint density at radius 2 is 0.476 bits per heavy atom. The summed E-state index contributed by atoms with van der Waals surface area (Å²) in [4.78, 5) is 0. The lowest BCUT2D eigenvalue weighted by atomic mass is 10.1. The van der Waals surface area contributed by atoms with Crippen molar-refractivity contribution in [3.05, 3.63) is 0 Å². The van der Waals surface area contributed by atoms with E-state index in [0.717, 1.165) is 0 Å². The molecule has 0 aliphatic carbocycles. The third-order valence-corrected chi connectivity index (χ3v) is 11.0. The van der Waals surface area contributed by atoms with Crippen LogP contribution in [0.3, 0.4) is 0 Å². The molecule has 2 nitrogen and oxygen atoms in total. The highest BCUT2D eigenvalue weighted by molar-refractivity contribution is 4.60. The van der Waals surface area contributed by atoms with Gasteiger partial charge in [-0.05, 0) is 51.4 Å².